The van der Waals surface area contributed by atoms with Crippen LogP contribution >= 0.6 is 23.2 Å². The monoisotopic (exact) mass is 300 g/mol. The van der Waals surface area contributed by atoms with Gasteiger partial charge in [0, 0.05) is 5.41 Å². The molecule has 106 valence electrons. The molecule has 1 fully saturated rings. The van der Waals surface area contributed by atoms with Crippen LogP contribution in [-0.2, 0) is 5.41 Å². The van der Waals surface area contributed by atoms with E-state index in [0.29, 0.717) is 15.5 Å². The summed E-state index contributed by atoms with van der Waals surface area (Å²) in [4.78, 5) is 0. The van der Waals surface area contributed by atoms with Gasteiger partial charge in [0.15, 0.2) is 0 Å². The van der Waals surface area contributed by atoms with Crippen LogP contribution < -0.4 is 5.32 Å². The minimum absolute atomic E-state index is 0.348. The van der Waals surface area contributed by atoms with Crippen molar-refractivity contribution in [2.75, 3.05) is 13.1 Å². The quantitative estimate of drug-likeness (QED) is 0.728. The molecule has 0 aromatic heterocycles. The highest BCUT2D eigenvalue weighted by Crippen LogP contribution is 2.43. The lowest BCUT2D eigenvalue weighted by Gasteiger charge is -2.41. The number of nitrogens with two attached hydrogens (primary N) is 1. The van der Waals surface area contributed by atoms with Crippen molar-refractivity contribution < 1.29 is 5.32 Å². The number of unbranched alkanes of at least 4 members (excludes halogenated alkanes) is 2. The summed E-state index contributed by atoms with van der Waals surface area (Å²) in [6, 6.07) is 6.17. The van der Waals surface area contributed by atoms with Crippen LogP contribution in [0.5, 0.6) is 0 Å². The van der Waals surface area contributed by atoms with E-state index in [4.69, 9.17) is 23.2 Å². The molecule has 1 aromatic rings. The maximum atomic E-state index is 6.16. The fraction of sp³-hybridized carbons (Fsp3) is 0.625. The average Bonchev–Trinajstić information content (AvgIpc) is 2.35. The predicted molar refractivity (Wildman–Crippen MR) is 83.2 cm³/mol. The summed E-state index contributed by atoms with van der Waals surface area (Å²) in [5.74, 6) is 0. The lowest BCUT2D eigenvalue weighted by Crippen LogP contribution is -2.88. The molecule has 2 rings (SSSR count). The molecular weight excluding hydrogens is 277 g/mol. The highest BCUT2D eigenvalue weighted by Gasteiger charge is 2.40. The molecule has 0 radical (unpaired) electrons. The Balaban J connectivity index is 1.95. The molecule has 2 N–H and O–H groups in total. The molecular formula is C16H24Cl2N+. The lowest BCUT2D eigenvalue weighted by atomic mass is 9.64. The molecule has 0 amide bonds. The Kier molecular flexibility index (Phi) is 5.56. The van der Waals surface area contributed by atoms with Crippen molar-refractivity contribution >= 4 is 23.2 Å². The smallest absolute Gasteiger partial charge is 0.0853 e. The summed E-state index contributed by atoms with van der Waals surface area (Å²) in [5, 5.41) is 3.83. The van der Waals surface area contributed by atoms with Crippen LogP contribution in [0.3, 0.4) is 0 Å². The number of hydrogen-bond acceptors (Lipinski definition) is 0. The number of hydrogen-bond donors (Lipinski definition) is 1. The van der Waals surface area contributed by atoms with Crippen molar-refractivity contribution in [3.05, 3.63) is 33.8 Å². The SMILES string of the molecule is CCCCC[NH2+]CC1(c2ccc(Cl)c(Cl)c2)CCC1. The Morgan fingerprint density at radius 3 is 2.53 bits per heavy atom. The minimum Gasteiger partial charge on any atom is -0.346 e. The van der Waals surface area contributed by atoms with Crippen molar-refractivity contribution in [3.63, 3.8) is 0 Å². The minimum atomic E-state index is 0.348. The zero-order valence-corrected chi connectivity index (χ0v) is 13.2. The first-order valence-corrected chi connectivity index (χ1v) is 8.21. The first-order valence-electron chi connectivity index (χ1n) is 7.45. The molecule has 1 aromatic carbocycles. The normalized spacial score (nSPS) is 17.2. The van der Waals surface area contributed by atoms with Gasteiger partial charge in [0.25, 0.3) is 0 Å². The van der Waals surface area contributed by atoms with Crippen LogP contribution in [0.4, 0.5) is 0 Å². The van der Waals surface area contributed by atoms with Gasteiger partial charge in [-0.2, -0.15) is 0 Å². The van der Waals surface area contributed by atoms with Gasteiger partial charge in [0.05, 0.1) is 23.1 Å². The third kappa shape index (κ3) is 3.65. The lowest BCUT2D eigenvalue weighted by molar-refractivity contribution is -0.664. The summed E-state index contributed by atoms with van der Waals surface area (Å²) < 4.78 is 0. The van der Waals surface area contributed by atoms with E-state index in [1.807, 2.05) is 6.07 Å². The number of halogens is 2. The molecule has 0 atom stereocenters. The summed E-state index contributed by atoms with van der Waals surface area (Å²) in [7, 11) is 0. The fourth-order valence-electron chi connectivity index (χ4n) is 2.96. The topological polar surface area (TPSA) is 16.6 Å². The Hall–Kier alpha value is -0.240. The van der Waals surface area contributed by atoms with Crippen LogP contribution in [0.1, 0.15) is 51.0 Å². The fourth-order valence-corrected chi connectivity index (χ4v) is 3.26. The van der Waals surface area contributed by atoms with Crippen molar-refractivity contribution in [1.29, 1.82) is 0 Å². The Morgan fingerprint density at radius 2 is 1.95 bits per heavy atom. The van der Waals surface area contributed by atoms with E-state index in [1.54, 1.807) is 0 Å². The van der Waals surface area contributed by atoms with Crippen molar-refractivity contribution in [2.45, 2.75) is 50.9 Å². The molecule has 0 bridgehead atoms. The van der Waals surface area contributed by atoms with Crippen LogP contribution in [0.25, 0.3) is 0 Å². The standard InChI is InChI=1S/C16H23Cl2N/c1-2-3-4-10-19-12-16(8-5-9-16)13-6-7-14(17)15(18)11-13/h6-7,11,19H,2-5,8-10,12H2,1H3/p+1. The second-order valence-electron chi connectivity index (χ2n) is 5.75. The van der Waals surface area contributed by atoms with Gasteiger partial charge in [-0.15, -0.1) is 0 Å². The zero-order chi connectivity index (χ0) is 13.7. The van der Waals surface area contributed by atoms with Gasteiger partial charge < -0.3 is 5.32 Å². The molecule has 1 aliphatic rings. The molecule has 19 heavy (non-hydrogen) atoms. The molecule has 0 heterocycles. The van der Waals surface area contributed by atoms with E-state index in [2.05, 4.69) is 24.4 Å². The van der Waals surface area contributed by atoms with Gasteiger partial charge in [0.2, 0.25) is 0 Å². The number of benzene rings is 1. The Morgan fingerprint density at radius 1 is 1.16 bits per heavy atom. The summed E-state index contributed by atoms with van der Waals surface area (Å²) in [5.41, 5.74) is 1.72. The molecule has 0 unspecified atom stereocenters. The Labute approximate surface area is 126 Å². The van der Waals surface area contributed by atoms with Gasteiger partial charge >= 0.3 is 0 Å². The van der Waals surface area contributed by atoms with Crippen LogP contribution in [-0.4, -0.2) is 13.1 Å². The summed E-state index contributed by atoms with van der Waals surface area (Å²) >= 11 is 12.2. The number of rotatable bonds is 7. The van der Waals surface area contributed by atoms with Crippen molar-refractivity contribution in [2.24, 2.45) is 0 Å². The van der Waals surface area contributed by atoms with E-state index in [-0.39, 0.29) is 0 Å². The largest absolute Gasteiger partial charge is 0.346 e. The van der Waals surface area contributed by atoms with E-state index >= 15 is 0 Å². The molecule has 0 saturated heterocycles. The number of quaternary nitrogens is 1. The predicted octanol–water partition coefficient (Wildman–Crippen LogP) is 4.17. The second kappa shape index (κ2) is 6.97. The third-order valence-corrected chi connectivity index (χ3v) is 5.13. The molecule has 1 aliphatic carbocycles. The summed E-state index contributed by atoms with van der Waals surface area (Å²) in [6.07, 6.45) is 7.88. The maximum absolute atomic E-state index is 6.16. The Bertz CT molecular complexity index is 413. The molecule has 3 heteroatoms. The summed E-state index contributed by atoms with van der Waals surface area (Å²) in [6.45, 7) is 4.69. The van der Waals surface area contributed by atoms with E-state index in [1.165, 1.54) is 57.2 Å². The van der Waals surface area contributed by atoms with E-state index in [9.17, 15) is 0 Å². The molecule has 0 spiro atoms. The molecule has 0 aliphatic heterocycles. The van der Waals surface area contributed by atoms with Crippen LogP contribution in [0.15, 0.2) is 18.2 Å². The van der Waals surface area contributed by atoms with Gasteiger partial charge in [-0.1, -0.05) is 49.0 Å². The van der Waals surface area contributed by atoms with Gasteiger partial charge in [-0.25, -0.2) is 0 Å². The van der Waals surface area contributed by atoms with Gasteiger partial charge in [-0.3, -0.25) is 0 Å². The second-order valence-corrected chi connectivity index (χ2v) is 6.57. The first-order chi connectivity index (χ1) is 9.18. The maximum Gasteiger partial charge on any atom is 0.0853 e. The first kappa shape index (κ1) is 15.2. The van der Waals surface area contributed by atoms with E-state index in [0.717, 1.165) is 0 Å². The average molecular weight is 301 g/mol. The van der Waals surface area contributed by atoms with Gasteiger partial charge in [-0.05, 0) is 43.4 Å². The zero-order valence-electron chi connectivity index (χ0n) is 11.7. The molecule has 1 nitrogen and oxygen atoms in total. The van der Waals surface area contributed by atoms with Gasteiger partial charge in [0.1, 0.15) is 0 Å². The third-order valence-electron chi connectivity index (χ3n) is 4.39. The van der Waals surface area contributed by atoms with Crippen LogP contribution in [0, 0.1) is 0 Å². The highest BCUT2D eigenvalue weighted by molar-refractivity contribution is 6.42. The van der Waals surface area contributed by atoms with Crippen LogP contribution in [0.2, 0.25) is 10.0 Å². The molecule has 1 saturated carbocycles. The van der Waals surface area contributed by atoms with E-state index < -0.39 is 0 Å². The van der Waals surface area contributed by atoms with Crippen molar-refractivity contribution in [1.82, 2.24) is 0 Å². The highest BCUT2D eigenvalue weighted by atomic mass is 35.5. The van der Waals surface area contributed by atoms with Crippen molar-refractivity contribution in [3.8, 4) is 0 Å².